The number of hydrogen-bond donors (Lipinski definition) is 1. The first-order chi connectivity index (χ1) is 9.74. The fourth-order valence-electron chi connectivity index (χ4n) is 2.14. The lowest BCUT2D eigenvalue weighted by molar-refractivity contribution is 0.852. The Morgan fingerprint density at radius 1 is 1.15 bits per heavy atom. The highest BCUT2D eigenvalue weighted by atomic mass is 35.5. The van der Waals surface area contributed by atoms with Gasteiger partial charge in [0.25, 0.3) is 0 Å². The average Bonchev–Trinajstić information content (AvgIpc) is 2.98. The van der Waals surface area contributed by atoms with Crippen LogP contribution in [0.2, 0.25) is 10.0 Å². The van der Waals surface area contributed by atoms with Crippen molar-refractivity contribution in [2.45, 2.75) is 12.8 Å². The second-order valence-corrected chi connectivity index (χ2v) is 5.35. The molecule has 1 N–H and O–H groups in total. The van der Waals surface area contributed by atoms with Gasteiger partial charge < -0.3 is 10.2 Å². The highest BCUT2D eigenvalue weighted by Crippen LogP contribution is 2.31. The van der Waals surface area contributed by atoms with E-state index in [4.69, 9.17) is 23.2 Å². The molecule has 2 heterocycles. The summed E-state index contributed by atoms with van der Waals surface area (Å²) in [7, 11) is 0. The third-order valence-electron chi connectivity index (χ3n) is 3.15. The predicted octanol–water partition coefficient (Wildman–Crippen LogP) is 3.52. The highest BCUT2D eigenvalue weighted by Gasteiger charge is 2.16. The molecule has 0 unspecified atom stereocenters. The summed E-state index contributed by atoms with van der Waals surface area (Å²) in [5, 5.41) is 12.1. The summed E-state index contributed by atoms with van der Waals surface area (Å²) in [5.74, 6) is 1.25. The fraction of sp³-hybridized carbons (Fsp3) is 0.308. The van der Waals surface area contributed by atoms with E-state index in [1.54, 1.807) is 12.3 Å². The Bertz CT molecular complexity index is 613. The zero-order valence-electron chi connectivity index (χ0n) is 10.7. The lowest BCUT2D eigenvalue weighted by atomic mass is 10.3. The zero-order chi connectivity index (χ0) is 13.9. The lowest BCUT2D eigenvalue weighted by Gasteiger charge is -2.15. The number of hydrogen-bond acceptors (Lipinski definition) is 5. The summed E-state index contributed by atoms with van der Waals surface area (Å²) in [6, 6.07) is 5.40. The SMILES string of the molecule is Clc1cccc(Nc2cnnc(N3CCCC3)n2)c1Cl. The first kappa shape index (κ1) is 13.4. The normalized spacial score (nSPS) is 14.6. The fourth-order valence-corrected chi connectivity index (χ4v) is 2.49. The molecular weight excluding hydrogens is 297 g/mol. The molecule has 0 saturated carbocycles. The van der Waals surface area contributed by atoms with E-state index in [0.29, 0.717) is 27.5 Å². The standard InChI is InChI=1S/C13H13Cl2N5/c14-9-4-3-5-10(12(9)15)17-11-8-16-19-13(18-11)20-6-1-2-7-20/h3-5,8H,1-2,6-7H2,(H,17,18,19). The van der Waals surface area contributed by atoms with Crippen LogP contribution in [0, 0.1) is 0 Å². The van der Waals surface area contributed by atoms with Crippen molar-refractivity contribution in [1.82, 2.24) is 15.2 Å². The van der Waals surface area contributed by atoms with Crippen molar-refractivity contribution in [3.63, 3.8) is 0 Å². The van der Waals surface area contributed by atoms with E-state index in [1.165, 1.54) is 12.8 Å². The van der Waals surface area contributed by atoms with Crippen LogP contribution in [0.5, 0.6) is 0 Å². The Balaban J connectivity index is 1.83. The summed E-state index contributed by atoms with van der Waals surface area (Å²) in [6.07, 6.45) is 3.90. The molecule has 0 spiro atoms. The molecule has 1 saturated heterocycles. The second kappa shape index (κ2) is 5.81. The molecule has 2 aromatic rings. The Morgan fingerprint density at radius 3 is 2.75 bits per heavy atom. The van der Waals surface area contributed by atoms with Crippen LogP contribution in [0.1, 0.15) is 12.8 Å². The number of nitrogens with one attached hydrogen (secondary N) is 1. The first-order valence-corrected chi connectivity index (χ1v) is 7.15. The first-order valence-electron chi connectivity index (χ1n) is 6.40. The number of anilines is 3. The van der Waals surface area contributed by atoms with Crippen molar-refractivity contribution in [2.24, 2.45) is 0 Å². The third-order valence-corrected chi connectivity index (χ3v) is 3.97. The van der Waals surface area contributed by atoms with E-state index >= 15 is 0 Å². The van der Waals surface area contributed by atoms with Crippen molar-refractivity contribution >= 4 is 40.7 Å². The molecule has 7 heteroatoms. The number of nitrogens with zero attached hydrogens (tertiary/aromatic N) is 4. The van der Waals surface area contributed by atoms with Gasteiger partial charge in [-0.05, 0) is 25.0 Å². The van der Waals surface area contributed by atoms with Gasteiger partial charge in [0.15, 0.2) is 5.82 Å². The minimum Gasteiger partial charge on any atom is -0.339 e. The van der Waals surface area contributed by atoms with Crippen molar-refractivity contribution < 1.29 is 0 Å². The Kier molecular flexibility index (Phi) is 3.89. The van der Waals surface area contributed by atoms with E-state index in [0.717, 1.165) is 13.1 Å². The molecular formula is C13H13Cl2N5. The van der Waals surface area contributed by atoms with Crippen molar-refractivity contribution in [3.8, 4) is 0 Å². The summed E-state index contributed by atoms with van der Waals surface area (Å²) in [5.41, 5.74) is 0.701. The molecule has 1 aliphatic rings. The van der Waals surface area contributed by atoms with Crippen molar-refractivity contribution in [1.29, 1.82) is 0 Å². The molecule has 0 aliphatic carbocycles. The van der Waals surface area contributed by atoms with Gasteiger partial charge in [0, 0.05) is 13.1 Å². The molecule has 1 aromatic heterocycles. The number of aromatic nitrogens is 3. The quantitative estimate of drug-likeness (QED) is 0.940. The van der Waals surface area contributed by atoms with E-state index < -0.39 is 0 Å². The minimum atomic E-state index is 0.468. The van der Waals surface area contributed by atoms with E-state index in [1.807, 2.05) is 12.1 Å². The summed E-state index contributed by atoms with van der Waals surface area (Å²) >= 11 is 12.1. The van der Waals surface area contributed by atoms with E-state index in [2.05, 4.69) is 25.4 Å². The van der Waals surface area contributed by atoms with Gasteiger partial charge >= 0.3 is 0 Å². The monoisotopic (exact) mass is 309 g/mol. The molecule has 0 amide bonds. The third kappa shape index (κ3) is 2.78. The molecule has 3 rings (SSSR count). The molecule has 0 radical (unpaired) electrons. The maximum atomic E-state index is 6.14. The molecule has 0 atom stereocenters. The van der Waals surface area contributed by atoms with Crippen LogP contribution in [0.15, 0.2) is 24.4 Å². The smallest absolute Gasteiger partial charge is 0.247 e. The van der Waals surface area contributed by atoms with Gasteiger partial charge in [0.2, 0.25) is 5.95 Å². The minimum absolute atomic E-state index is 0.468. The molecule has 1 fully saturated rings. The van der Waals surface area contributed by atoms with Crippen LogP contribution in [0.4, 0.5) is 17.5 Å². The maximum absolute atomic E-state index is 6.14. The Hall–Kier alpha value is -1.59. The van der Waals surface area contributed by atoms with Gasteiger partial charge in [-0.2, -0.15) is 10.1 Å². The number of benzene rings is 1. The topological polar surface area (TPSA) is 53.9 Å². The maximum Gasteiger partial charge on any atom is 0.247 e. The Morgan fingerprint density at radius 2 is 1.95 bits per heavy atom. The van der Waals surface area contributed by atoms with E-state index in [9.17, 15) is 0 Å². The molecule has 0 bridgehead atoms. The molecule has 1 aromatic carbocycles. The largest absolute Gasteiger partial charge is 0.339 e. The molecule has 5 nitrogen and oxygen atoms in total. The molecule has 104 valence electrons. The average molecular weight is 310 g/mol. The summed E-state index contributed by atoms with van der Waals surface area (Å²) in [6.45, 7) is 1.95. The summed E-state index contributed by atoms with van der Waals surface area (Å²) in [4.78, 5) is 6.58. The lowest BCUT2D eigenvalue weighted by Crippen LogP contribution is -2.21. The van der Waals surface area contributed by atoms with Crippen LogP contribution in [0.25, 0.3) is 0 Å². The van der Waals surface area contributed by atoms with Gasteiger partial charge in [0.1, 0.15) is 0 Å². The van der Waals surface area contributed by atoms with E-state index in [-0.39, 0.29) is 0 Å². The molecule has 20 heavy (non-hydrogen) atoms. The molecule has 1 aliphatic heterocycles. The van der Waals surface area contributed by atoms with Gasteiger partial charge in [-0.15, -0.1) is 5.10 Å². The van der Waals surface area contributed by atoms with Crippen molar-refractivity contribution in [3.05, 3.63) is 34.4 Å². The van der Waals surface area contributed by atoms with Crippen LogP contribution in [-0.4, -0.2) is 28.3 Å². The van der Waals surface area contributed by atoms with Crippen LogP contribution in [0.3, 0.4) is 0 Å². The summed E-state index contributed by atoms with van der Waals surface area (Å²) < 4.78 is 0. The van der Waals surface area contributed by atoms with Gasteiger partial charge in [-0.3, -0.25) is 0 Å². The van der Waals surface area contributed by atoms with Gasteiger partial charge in [-0.1, -0.05) is 29.3 Å². The van der Waals surface area contributed by atoms with Gasteiger partial charge in [-0.25, -0.2) is 0 Å². The second-order valence-electron chi connectivity index (χ2n) is 4.56. The van der Waals surface area contributed by atoms with Crippen LogP contribution < -0.4 is 10.2 Å². The highest BCUT2D eigenvalue weighted by molar-refractivity contribution is 6.43. The Labute approximate surface area is 126 Å². The zero-order valence-corrected chi connectivity index (χ0v) is 12.2. The van der Waals surface area contributed by atoms with Gasteiger partial charge in [0.05, 0.1) is 21.9 Å². The van der Waals surface area contributed by atoms with Crippen molar-refractivity contribution in [2.75, 3.05) is 23.3 Å². The predicted molar refractivity (Wildman–Crippen MR) is 81.0 cm³/mol. The number of rotatable bonds is 3. The van der Waals surface area contributed by atoms with Crippen LogP contribution >= 0.6 is 23.2 Å². The number of halogens is 2. The van der Waals surface area contributed by atoms with Crippen LogP contribution in [-0.2, 0) is 0 Å².